The number of anilines is 1. The summed E-state index contributed by atoms with van der Waals surface area (Å²) in [5.41, 5.74) is 2.57. The summed E-state index contributed by atoms with van der Waals surface area (Å²) in [4.78, 5) is 28.1. The van der Waals surface area contributed by atoms with Crippen molar-refractivity contribution < 1.29 is 9.18 Å². The number of benzene rings is 1. The molecular formula is C21H26FN5OS. The van der Waals surface area contributed by atoms with Gasteiger partial charge in [0.1, 0.15) is 11.6 Å². The maximum absolute atomic E-state index is 13.4. The number of nitrogens with zero attached hydrogens (tertiary/aromatic N) is 3. The van der Waals surface area contributed by atoms with Crippen LogP contribution in [0.2, 0.25) is 0 Å². The molecule has 1 aliphatic heterocycles. The Morgan fingerprint density at radius 1 is 1.41 bits per heavy atom. The highest BCUT2D eigenvalue weighted by molar-refractivity contribution is 7.15. The van der Waals surface area contributed by atoms with E-state index in [1.165, 1.54) is 23.5 Å². The zero-order valence-corrected chi connectivity index (χ0v) is 17.6. The summed E-state index contributed by atoms with van der Waals surface area (Å²) >= 11 is 1.53. The number of imidazole rings is 1. The lowest BCUT2D eigenvalue weighted by atomic mass is 9.94. The van der Waals surface area contributed by atoms with Gasteiger partial charge >= 0.3 is 0 Å². The Labute approximate surface area is 173 Å². The van der Waals surface area contributed by atoms with E-state index in [-0.39, 0.29) is 11.7 Å². The number of aromatic amines is 1. The first-order valence-electron chi connectivity index (χ1n) is 10.1. The number of fused-ring (bicyclic) bond motifs is 1. The van der Waals surface area contributed by atoms with Gasteiger partial charge in [-0.15, -0.1) is 11.3 Å². The lowest BCUT2D eigenvalue weighted by molar-refractivity contribution is -0.117. The molecule has 154 valence electrons. The van der Waals surface area contributed by atoms with E-state index in [0.717, 1.165) is 66.2 Å². The van der Waals surface area contributed by atoms with Crippen molar-refractivity contribution in [3.63, 3.8) is 0 Å². The molecule has 2 aromatic heterocycles. The Balaban J connectivity index is 1.33. The molecule has 3 aromatic rings. The third-order valence-corrected chi connectivity index (χ3v) is 6.35. The smallest absolute Gasteiger partial charge is 0.240 e. The highest BCUT2D eigenvalue weighted by Crippen LogP contribution is 2.24. The van der Waals surface area contributed by atoms with Crippen LogP contribution < -0.4 is 5.32 Å². The van der Waals surface area contributed by atoms with Gasteiger partial charge in [0.05, 0.1) is 23.3 Å². The number of aryl methyl sites for hydroxylation is 2. The number of halogens is 1. The van der Waals surface area contributed by atoms with Crippen molar-refractivity contribution in [1.82, 2.24) is 19.9 Å². The van der Waals surface area contributed by atoms with E-state index in [9.17, 15) is 9.18 Å². The van der Waals surface area contributed by atoms with Crippen LogP contribution in [-0.4, -0.2) is 45.4 Å². The van der Waals surface area contributed by atoms with E-state index in [4.69, 9.17) is 0 Å². The van der Waals surface area contributed by atoms with E-state index < -0.39 is 0 Å². The van der Waals surface area contributed by atoms with Gasteiger partial charge < -0.3 is 10.3 Å². The van der Waals surface area contributed by atoms with Crippen LogP contribution in [0.4, 0.5) is 9.52 Å². The number of carbonyl (C=O) groups is 1. The van der Waals surface area contributed by atoms with Crippen molar-refractivity contribution >= 4 is 33.4 Å². The number of rotatable bonds is 6. The van der Waals surface area contributed by atoms with Crippen LogP contribution in [0.3, 0.4) is 0 Å². The Bertz CT molecular complexity index is 1010. The fourth-order valence-corrected chi connectivity index (χ4v) is 4.96. The van der Waals surface area contributed by atoms with Gasteiger partial charge in [-0.2, -0.15) is 0 Å². The summed E-state index contributed by atoms with van der Waals surface area (Å²) < 4.78 is 13.4. The van der Waals surface area contributed by atoms with Gasteiger partial charge in [-0.3, -0.25) is 9.69 Å². The number of hydrogen-bond donors (Lipinski definition) is 2. The number of piperidine rings is 1. The van der Waals surface area contributed by atoms with Crippen LogP contribution >= 0.6 is 11.3 Å². The topological polar surface area (TPSA) is 73.9 Å². The standard InChI is InChI=1S/C21H26FN5OS/c1-3-16-13(2)29-21(25-16)26-20(28)12-27-8-4-5-14(11-27)9-19-23-17-7-6-15(22)10-18(17)24-19/h6-7,10,14H,3-5,8-9,11-12H2,1-2H3,(H,23,24)(H,25,26,28). The Hall–Kier alpha value is -2.32. The molecule has 2 N–H and O–H groups in total. The Kier molecular flexibility index (Phi) is 5.91. The van der Waals surface area contributed by atoms with E-state index in [1.54, 1.807) is 6.07 Å². The second-order valence-corrected chi connectivity index (χ2v) is 8.92. The molecule has 0 spiro atoms. The van der Waals surface area contributed by atoms with E-state index in [2.05, 4.69) is 32.1 Å². The maximum Gasteiger partial charge on any atom is 0.240 e. The van der Waals surface area contributed by atoms with Crippen LogP contribution in [0.15, 0.2) is 18.2 Å². The molecule has 1 amide bonds. The first kappa shape index (κ1) is 20.0. The summed E-state index contributed by atoms with van der Waals surface area (Å²) in [7, 11) is 0. The number of likely N-dealkylation sites (tertiary alicyclic amines) is 1. The summed E-state index contributed by atoms with van der Waals surface area (Å²) in [6, 6.07) is 4.61. The third-order valence-electron chi connectivity index (χ3n) is 5.42. The van der Waals surface area contributed by atoms with Gasteiger partial charge in [-0.05, 0) is 56.8 Å². The number of aromatic nitrogens is 3. The Morgan fingerprint density at radius 2 is 2.28 bits per heavy atom. The van der Waals surface area contributed by atoms with Gasteiger partial charge in [0.2, 0.25) is 5.91 Å². The van der Waals surface area contributed by atoms with Gasteiger partial charge in [0.25, 0.3) is 0 Å². The number of carbonyl (C=O) groups excluding carboxylic acids is 1. The third kappa shape index (κ3) is 4.82. The second kappa shape index (κ2) is 8.59. The molecule has 0 aliphatic carbocycles. The van der Waals surface area contributed by atoms with Crippen LogP contribution in [0, 0.1) is 18.7 Å². The fourth-order valence-electron chi connectivity index (χ4n) is 4.04. The van der Waals surface area contributed by atoms with E-state index in [0.29, 0.717) is 17.6 Å². The zero-order valence-electron chi connectivity index (χ0n) is 16.8. The van der Waals surface area contributed by atoms with Crippen LogP contribution in [0.5, 0.6) is 0 Å². The fraction of sp³-hybridized carbons (Fsp3) is 0.476. The van der Waals surface area contributed by atoms with Gasteiger partial charge in [0, 0.05) is 17.8 Å². The van der Waals surface area contributed by atoms with Crippen molar-refractivity contribution in [2.24, 2.45) is 5.92 Å². The average molecular weight is 416 g/mol. The number of hydrogen-bond acceptors (Lipinski definition) is 5. The molecule has 29 heavy (non-hydrogen) atoms. The quantitative estimate of drug-likeness (QED) is 0.640. The predicted molar refractivity (Wildman–Crippen MR) is 114 cm³/mol. The molecule has 1 saturated heterocycles. The maximum atomic E-state index is 13.4. The van der Waals surface area contributed by atoms with Crippen LogP contribution in [0.1, 0.15) is 36.2 Å². The second-order valence-electron chi connectivity index (χ2n) is 7.72. The van der Waals surface area contributed by atoms with Crippen LogP contribution in [0.25, 0.3) is 11.0 Å². The summed E-state index contributed by atoms with van der Waals surface area (Å²) in [6.45, 7) is 6.26. The monoisotopic (exact) mass is 415 g/mol. The lowest BCUT2D eigenvalue weighted by Gasteiger charge is -2.31. The molecule has 3 heterocycles. The highest BCUT2D eigenvalue weighted by Gasteiger charge is 2.23. The highest BCUT2D eigenvalue weighted by atomic mass is 32.1. The van der Waals surface area contributed by atoms with E-state index >= 15 is 0 Å². The minimum atomic E-state index is -0.260. The molecule has 1 unspecified atom stereocenters. The number of H-pyrrole nitrogens is 1. The molecule has 0 saturated carbocycles. The van der Waals surface area contributed by atoms with Gasteiger partial charge in [-0.25, -0.2) is 14.4 Å². The average Bonchev–Trinajstić information content (AvgIpc) is 3.23. The number of amides is 1. The molecule has 1 aromatic carbocycles. The first-order valence-corrected chi connectivity index (χ1v) is 10.9. The number of nitrogens with one attached hydrogen (secondary N) is 2. The molecule has 1 atom stereocenters. The summed E-state index contributed by atoms with van der Waals surface area (Å²) in [5.74, 6) is 1.04. The molecule has 4 rings (SSSR count). The van der Waals surface area contributed by atoms with E-state index in [1.807, 2.05) is 6.92 Å². The van der Waals surface area contributed by atoms with Crippen molar-refractivity contribution in [2.75, 3.05) is 25.0 Å². The molecule has 1 aliphatic rings. The van der Waals surface area contributed by atoms with Crippen molar-refractivity contribution in [3.05, 3.63) is 40.4 Å². The predicted octanol–water partition coefficient (Wildman–Crippen LogP) is 3.92. The molecule has 6 nitrogen and oxygen atoms in total. The summed E-state index contributed by atoms with van der Waals surface area (Å²) in [6.07, 6.45) is 3.85. The molecular weight excluding hydrogens is 389 g/mol. The van der Waals surface area contributed by atoms with Crippen LogP contribution in [-0.2, 0) is 17.6 Å². The Morgan fingerprint density at radius 3 is 3.07 bits per heavy atom. The van der Waals surface area contributed by atoms with Gasteiger partial charge in [-0.1, -0.05) is 6.92 Å². The van der Waals surface area contributed by atoms with Crippen molar-refractivity contribution in [3.8, 4) is 0 Å². The molecule has 8 heteroatoms. The zero-order chi connectivity index (χ0) is 20.4. The molecule has 0 bridgehead atoms. The summed E-state index contributed by atoms with van der Waals surface area (Å²) in [5, 5.41) is 3.63. The minimum absolute atomic E-state index is 0.0127. The molecule has 0 radical (unpaired) electrons. The van der Waals surface area contributed by atoms with Crippen molar-refractivity contribution in [2.45, 2.75) is 39.5 Å². The lowest BCUT2D eigenvalue weighted by Crippen LogP contribution is -2.41. The normalized spacial score (nSPS) is 17.7. The van der Waals surface area contributed by atoms with Gasteiger partial charge in [0.15, 0.2) is 5.13 Å². The minimum Gasteiger partial charge on any atom is -0.342 e. The number of thiazole rings is 1. The first-order chi connectivity index (χ1) is 14.0. The largest absolute Gasteiger partial charge is 0.342 e. The van der Waals surface area contributed by atoms with Crippen molar-refractivity contribution in [1.29, 1.82) is 0 Å². The molecule has 1 fully saturated rings. The SMILES string of the molecule is CCc1nc(NC(=O)CN2CCCC(Cc3nc4ccc(F)cc4[nH]3)C2)sc1C.